The highest BCUT2D eigenvalue weighted by atomic mass is 19.1. The summed E-state index contributed by atoms with van der Waals surface area (Å²) < 4.78 is 13.9. The van der Waals surface area contributed by atoms with Crippen LogP contribution in [0.15, 0.2) is 18.2 Å². The van der Waals surface area contributed by atoms with Crippen LogP contribution >= 0.6 is 0 Å². The van der Waals surface area contributed by atoms with Gasteiger partial charge in [-0.15, -0.1) is 0 Å². The molecule has 0 aromatic heterocycles. The normalized spacial score (nSPS) is 18.7. The second-order valence-corrected chi connectivity index (χ2v) is 7.59. The van der Waals surface area contributed by atoms with E-state index >= 15 is 0 Å². The van der Waals surface area contributed by atoms with Crippen molar-refractivity contribution in [1.82, 2.24) is 15.7 Å². The number of carbonyl (C=O) groups excluding carboxylic acids is 3. The molecule has 0 aliphatic carbocycles. The molecule has 1 aliphatic heterocycles. The van der Waals surface area contributed by atoms with Gasteiger partial charge in [-0.1, -0.05) is 32.9 Å². The molecule has 0 bridgehead atoms. The summed E-state index contributed by atoms with van der Waals surface area (Å²) in [4.78, 5) is 37.8. The average molecular weight is 365 g/mol. The quantitative estimate of drug-likeness (QED) is 0.422. The zero-order chi connectivity index (χ0) is 19.6. The van der Waals surface area contributed by atoms with Gasteiger partial charge in [0.15, 0.2) is 0 Å². The van der Waals surface area contributed by atoms with Crippen molar-refractivity contribution in [2.45, 2.75) is 52.6 Å². The van der Waals surface area contributed by atoms with E-state index in [4.69, 9.17) is 5.21 Å². The second-order valence-electron chi connectivity index (χ2n) is 7.59. The molecule has 1 saturated heterocycles. The number of benzene rings is 1. The van der Waals surface area contributed by atoms with Crippen LogP contribution in [0.2, 0.25) is 0 Å². The Morgan fingerprint density at radius 3 is 2.58 bits per heavy atom. The van der Waals surface area contributed by atoms with E-state index < -0.39 is 35.3 Å². The van der Waals surface area contributed by atoms with Crippen LogP contribution in [-0.2, 0) is 16.0 Å². The zero-order valence-electron chi connectivity index (χ0n) is 15.3. The van der Waals surface area contributed by atoms with Gasteiger partial charge in [-0.2, -0.15) is 0 Å². The van der Waals surface area contributed by atoms with Gasteiger partial charge >= 0.3 is 6.03 Å². The van der Waals surface area contributed by atoms with Crippen LogP contribution < -0.4 is 10.8 Å². The van der Waals surface area contributed by atoms with Gasteiger partial charge in [-0.05, 0) is 42.4 Å². The molecular weight excluding hydrogens is 341 g/mol. The molecule has 2 unspecified atom stereocenters. The topological polar surface area (TPSA) is 98.7 Å². The fourth-order valence-corrected chi connectivity index (χ4v) is 3.10. The number of carbonyl (C=O) groups is 3. The van der Waals surface area contributed by atoms with Gasteiger partial charge in [0.1, 0.15) is 17.9 Å². The van der Waals surface area contributed by atoms with Crippen LogP contribution in [0.25, 0.3) is 0 Å². The van der Waals surface area contributed by atoms with Gasteiger partial charge in [0, 0.05) is 0 Å². The van der Waals surface area contributed by atoms with Crippen LogP contribution in [0.3, 0.4) is 0 Å². The second kappa shape index (κ2) is 7.41. The molecular formula is C18H24FN3O4. The number of hydrogen-bond acceptors (Lipinski definition) is 4. The zero-order valence-corrected chi connectivity index (χ0v) is 15.3. The van der Waals surface area contributed by atoms with E-state index in [1.165, 1.54) is 11.5 Å². The molecule has 2 atom stereocenters. The largest absolute Gasteiger partial charge is 0.326 e. The Morgan fingerprint density at radius 1 is 1.38 bits per heavy atom. The summed E-state index contributed by atoms with van der Waals surface area (Å²) in [7, 11) is 0. The minimum Gasteiger partial charge on any atom is -0.326 e. The number of rotatable bonds is 5. The number of nitrogens with one attached hydrogen (secondary N) is 2. The third-order valence-corrected chi connectivity index (χ3v) is 4.40. The summed E-state index contributed by atoms with van der Waals surface area (Å²) in [6.45, 7) is 6.83. The molecule has 7 nitrogen and oxygen atoms in total. The van der Waals surface area contributed by atoms with Crippen molar-refractivity contribution in [3.05, 3.63) is 35.1 Å². The average Bonchev–Trinajstić information content (AvgIpc) is 2.80. The summed E-state index contributed by atoms with van der Waals surface area (Å²) in [5, 5.41) is 11.5. The monoisotopic (exact) mass is 365 g/mol. The molecule has 1 aromatic rings. The first-order valence-electron chi connectivity index (χ1n) is 8.38. The van der Waals surface area contributed by atoms with E-state index in [1.54, 1.807) is 39.8 Å². The molecule has 8 heteroatoms. The highest BCUT2D eigenvalue weighted by molar-refractivity contribution is 6.07. The molecule has 1 fully saturated rings. The van der Waals surface area contributed by atoms with Crippen LogP contribution in [-0.4, -0.2) is 40.0 Å². The number of imide groups is 1. The molecule has 3 N–H and O–H groups in total. The first kappa shape index (κ1) is 19.8. The third-order valence-electron chi connectivity index (χ3n) is 4.40. The van der Waals surface area contributed by atoms with Crippen molar-refractivity contribution >= 4 is 17.8 Å². The smallest absolute Gasteiger partial charge is 0.325 e. The SMILES string of the molecule is Cc1ccc(CCC2NC(=O)N(C(C(=O)NO)C(C)(C)C)C2=O)c(F)c1. The van der Waals surface area contributed by atoms with Gasteiger partial charge in [0.25, 0.3) is 11.8 Å². The molecule has 0 spiro atoms. The summed E-state index contributed by atoms with van der Waals surface area (Å²) in [6, 6.07) is 2.13. The van der Waals surface area contributed by atoms with Gasteiger partial charge < -0.3 is 5.32 Å². The molecule has 26 heavy (non-hydrogen) atoms. The van der Waals surface area contributed by atoms with Crippen LogP contribution in [0.5, 0.6) is 0 Å². The van der Waals surface area contributed by atoms with Crippen molar-refractivity contribution in [1.29, 1.82) is 0 Å². The predicted octanol–water partition coefficient (Wildman–Crippen LogP) is 1.91. The van der Waals surface area contributed by atoms with Gasteiger partial charge in [0.2, 0.25) is 0 Å². The molecule has 1 aliphatic rings. The van der Waals surface area contributed by atoms with E-state index in [-0.39, 0.29) is 18.7 Å². The predicted molar refractivity (Wildman–Crippen MR) is 91.8 cm³/mol. The Morgan fingerprint density at radius 2 is 2.04 bits per heavy atom. The number of halogens is 1. The Kier molecular flexibility index (Phi) is 5.65. The van der Waals surface area contributed by atoms with Crippen molar-refractivity contribution in [3.8, 4) is 0 Å². The Bertz CT molecular complexity index is 730. The lowest BCUT2D eigenvalue weighted by Gasteiger charge is -2.34. The number of hydroxylamine groups is 1. The maximum absolute atomic E-state index is 13.9. The third kappa shape index (κ3) is 4.01. The first-order chi connectivity index (χ1) is 12.1. The molecule has 2 rings (SSSR count). The van der Waals surface area contributed by atoms with Gasteiger partial charge in [-0.3, -0.25) is 14.8 Å². The number of amides is 4. The Hall–Kier alpha value is -2.48. The standard InChI is InChI=1S/C18H24FN3O4/c1-10-5-6-11(12(19)9-10)7-8-13-16(24)22(17(25)20-13)14(15(23)21-26)18(2,3)4/h5-6,9,13-14,26H,7-8H2,1-4H3,(H,20,25)(H,21,23). The summed E-state index contributed by atoms with van der Waals surface area (Å²) in [5.41, 5.74) is 1.98. The van der Waals surface area contributed by atoms with Gasteiger partial charge in [0.05, 0.1) is 0 Å². The summed E-state index contributed by atoms with van der Waals surface area (Å²) in [5.74, 6) is -1.76. The maximum atomic E-state index is 13.9. The lowest BCUT2D eigenvalue weighted by molar-refractivity contribution is -0.144. The number of nitrogens with zero attached hydrogens (tertiary/aromatic N) is 1. The van der Waals surface area contributed by atoms with Crippen molar-refractivity contribution in [2.24, 2.45) is 5.41 Å². The van der Waals surface area contributed by atoms with Crippen LogP contribution in [0.1, 0.15) is 38.3 Å². The minimum atomic E-state index is -1.17. The van der Waals surface area contributed by atoms with E-state index in [0.717, 1.165) is 10.5 Å². The summed E-state index contributed by atoms with van der Waals surface area (Å²) >= 11 is 0. The lowest BCUT2D eigenvalue weighted by atomic mass is 9.85. The van der Waals surface area contributed by atoms with E-state index in [2.05, 4.69) is 5.32 Å². The van der Waals surface area contributed by atoms with Gasteiger partial charge in [-0.25, -0.2) is 19.6 Å². The highest BCUT2D eigenvalue weighted by Crippen LogP contribution is 2.28. The van der Waals surface area contributed by atoms with E-state index in [0.29, 0.717) is 5.56 Å². The Labute approximate surface area is 151 Å². The fourth-order valence-electron chi connectivity index (χ4n) is 3.10. The molecule has 142 valence electrons. The molecule has 1 heterocycles. The van der Waals surface area contributed by atoms with Crippen molar-refractivity contribution in [2.75, 3.05) is 0 Å². The molecule has 1 aromatic carbocycles. The molecule has 0 saturated carbocycles. The number of urea groups is 1. The lowest BCUT2D eigenvalue weighted by Crippen LogP contribution is -2.55. The maximum Gasteiger partial charge on any atom is 0.325 e. The van der Waals surface area contributed by atoms with Crippen LogP contribution in [0.4, 0.5) is 9.18 Å². The van der Waals surface area contributed by atoms with Crippen molar-refractivity contribution < 1.29 is 24.0 Å². The summed E-state index contributed by atoms with van der Waals surface area (Å²) in [6.07, 6.45) is 0.474. The number of hydrogen-bond donors (Lipinski definition) is 3. The van der Waals surface area contributed by atoms with E-state index in [9.17, 15) is 18.8 Å². The Balaban J connectivity index is 2.16. The molecule has 0 radical (unpaired) electrons. The minimum absolute atomic E-state index is 0.207. The number of aryl methyl sites for hydroxylation is 2. The van der Waals surface area contributed by atoms with Crippen LogP contribution in [0, 0.1) is 18.2 Å². The van der Waals surface area contributed by atoms with E-state index in [1.807, 2.05) is 0 Å². The highest BCUT2D eigenvalue weighted by Gasteiger charge is 2.48. The molecule has 4 amide bonds. The first-order valence-corrected chi connectivity index (χ1v) is 8.38. The fraction of sp³-hybridized carbons (Fsp3) is 0.500. The van der Waals surface area contributed by atoms with Crippen molar-refractivity contribution in [3.63, 3.8) is 0 Å².